The van der Waals surface area contributed by atoms with Crippen molar-refractivity contribution in [2.24, 2.45) is 5.92 Å². The molecule has 1 heterocycles. The number of nitro groups is 1. The van der Waals surface area contributed by atoms with Gasteiger partial charge in [-0.05, 0) is 6.07 Å². The van der Waals surface area contributed by atoms with Gasteiger partial charge in [0, 0.05) is 38.2 Å². The summed E-state index contributed by atoms with van der Waals surface area (Å²) in [6.45, 7) is 4.42. The molecule has 2 rings (SSSR count). The van der Waals surface area contributed by atoms with E-state index in [2.05, 4.69) is 0 Å². The fourth-order valence-electron chi connectivity index (χ4n) is 2.48. The van der Waals surface area contributed by atoms with Gasteiger partial charge in [-0.3, -0.25) is 14.9 Å². The van der Waals surface area contributed by atoms with Gasteiger partial charge < -0.3 is 4.90 Å². The number of hydrogen-bond acceptors (Lipinski definition) is 5. The van der Waals surface area contributed by atoms with Crippen molar-refractivity contribution >= 4 is 21.6 Å². The minimum Gasteiger partial charge on any atom is -0.340 e. The van der Waals surface area contributed by atoms with E-state index in [1.807, 2.05) is 0 Å². The number of carbonyl (C=O) groups is 1. The first-order valence-corrected chi connectivity index (χ1v) is 8.71. The Bertz CT molecular complexity index is 709. The molecule has 0 unspecified atom stereocenters. The maximum atomic E-state index is 12.6. The number of benzene rings is 1. The summed E-state index contributed by atoms with van der Waals surface area (Å²) in [5, 5.41) is 11.0. The van der Waals surface area contributed by atoms with Crippen molar-refractivity contribution in [3.63, 3.8) is 0 Å². The van der Waals surface area contributed by atoms with Gasteiger partial charge >= 0.3 is 0 Å². The third-order valence-corrected chi connectivity index (χ3v) is 5.67. The number of nitrogens with zero attached hydrogens (tertiary/aromatic N) is 3. The summed E-state index contributed by atoms with van der Waals surface area (Å²) < 4.78 is 26.5. The van der Waals surface area contributed by atoms with E-state index in [0.717, 1.165) is 0 Å². The van der Waals surface area contributed by atoms with Crippen LogP contribution in [0.25, 0.3) is 0 Å². The zero-order chi connectivity index (χ0) is 17.2. The average Bonchev–Trinajstić information content (AvgIpc) is 2.54. The fourth-order valence-corrected chi connectivity index (χ4v) is 4.06. The maximum absolute atomic E-state index is 12.6. The Morgan fingerprint density at radius 3 is 2.26 bits per heavy atom. The Morgan fingerprint density at radius 2 is 1.74 bits per heavy atom. The van der Waals surface area contributed by atoms with Crippen molar-refractivity contribution in [3.05, 3.63) is 34.4 Å². The Kier molecular flexibility index (Phi) is 5.00. The van der Waals surface area contributed by atoms with E-state index >= 15 is 0 Å². The van der Waals surface area contributed by atoms with Crippen molar-refractivity contribution in [2.75, 3.05) is 26.2 Å². The number of piperazine rings is 1. The van der Waals surface area contributed by atoms with Crippen molar-refractivity contribution in [3.8, 4) is 0 Å². The van der Waals surface area contributed by atoms with Crippen molar-refractivity contribution in [1.82, 2.24) is 9.21 Å². The highest BCUT2D eigenvalue weighted by Gasteiger charge is 2.34. The molecular formula is C14H19N3O5S. The standard InChI is InChI=1S/C14H19N3O5S/c1-11(2)14(18)15-7-9-16(10-8-15)23(21,22)13-6-4-3-5-12(13)17(19)20/h3-6,11H,7-10H2,1-2H3. The number of para-hydroxylation sites is 1. The van der Waals surface area contributed by atoms with Gasteiger partial charge in [0.05, 0.1) is 4.92 Å². The molecule has 0 N–H and O–H groups in total. The quantitative estimate of drug-likeness (QED) is 0.602. The topological polar surface area (TPSA) is 101 Å². The summed E-state index contributed by atoms with van der Waals surface area (Å²) in [5.74, 6) is -0.166. The average molecular weight is 341 g/mol. The van der Waals surface area contributed by atoms with Crippen LogP contribution in [0.5, 0.6) is 0 Å². The number of rotatable bonds is 4. The van der Waals surface area contributed by atoms with Gasteiger partial charge in [-0.2, -0.15) is 4.31 Å². The number of sulfonamides is 1. The molecular weight excluding hydrogens is 322 g/mol. The third kappa shape index (κ3) is 3.50. The van der Waals surface area contributed by atoms with Crippen molar-refractivity contribution < 1.29 is 18.1 Å². The summed E-state index contributed by atoms with van der Waals surface area (Å²) >= 11 is 0. The normalized spacial score (nSPS) is 16.6. The van der Waals surface area contributed by atoms with Crippen LogP contribution >= 0.6 is 0 Å². The van der Waals surface area contributed by atoms with Gasteiger partial charge in [0.1, 0.15) is 0 Å². The number of nitro benzene ring substituents is 1. The summed E-state index contributed by atoms with van der Waals surface area (Å²) in [7, 11) is -3.95. The van der Waals surface area contributed by atoms with E-state index in [1.54, 1.807) is 18.7 Å². The molecule has 0 aliphatic carbocycles. The Hall–Kier alpha value is -2.00. The van der Waals surface area contributed by atoms with Gasteiger partial charge in [-0.15, -0.1) is 0 Å². The van der Waals surface area contributed by atoms with Gasteiger partial charge in [0.15, 0.2) is 4.90 Å². The van der Waals surface area contributed by atoms with E-state index in [1.165, 1.54) is 28.6 Å². The van der Waals surface area contributed by atoms with Crippen LogP contribution in [0.3, 0.4) is 0 Å². The summed E-state index contributed by atoms with van der Waals surface area (Å²) in [5.41, 5.74) is -0.437. The Balaban J connectivity index is 2.20. The number of hydrogen-bond donors (Lipinski definition) is 0. The zero-order valence-electron chi connectivity index (χ0n) is 13.0. The number of amides is 1. The molecule has 126 valence electrons. The predicted molar refractivity (Wildman–Crippen MR) is 83.3 cm³/mol. The van der Waals surface area contributed by atoms with E-state index in [9.17, 15) is 23.3 Å². The molecule has 0 bridgehead atoms. The summed E-state index contributed by atoms with van der Waals surface area (Å²) in [6, 6.07) is 5.29. The monoisotopic (exact) mass is 341 g/mol. The molecule has 0 spiro atoms. The smallest absolute Gasteiger partial charge is 0.289 e. The molecule has 1 aliphatic heterocycles. The van der Waals surface area contributed by atoms with Crippen molar-refractivity contribution in [2.45, 2.75) is 18.7 Å². The maximum Gasteiger partial charge on any atom is 0.289 e. The van der Waals surface area contributed by atoms with Crippen LogP contribution in [0.2, 0.25) is 0 Å². The zero-order valence-corrected chi connectivity index (χ0v) is 13.8. The first-order valence-electron chi connectivity index (χ1n) is 7.27. The molecule has 1 fully saturated rings. The molecule has 0 saturated carbocycles. The molecule has 1 aromatic rings. The van der Waals surface area contributed by atoms with Crippen LogP contribution in [0, 0.1) is 16.0 Å². The highest BCUT2D eigenvalue weighted by atomic mass is 32.2. The Labute approximate surface area is 134 Å². The van der Waals surface area contributed by atoms with Gasteiger partial charge in [-0.1, -0.05) is 26.0 Å². The molecule has 1 aliphatic rings. The minimum absolute atomic E-state index is 0.0206. The summed E-state index contributed by atoms with van der Waals surface area (Å²) in [6.07, 6.45) is 0. The van der Waals surface area contributed by atoms with Crippen LogP contribution < -0.4 is 0 Å². The molecule has 1 saturated heterocycles. The second kappa shape index (κ2) is 6.63. The first kappa shape index (κ1) is 17.4. The third-order valence-electron chi connectivity index (χ3n) is 3.72. The molecule has 0 radical (unpaired) electrons. The number of carbonyl (C=O) groups excluding carboxylic acids is 1. The lowest BCUT2D eigenvalue weighted by Gasteiger charge is -2.34. The van der Waals surface area contributed by atoms with Crippen LogP contribution in [-0.4, -0.2) is 54.6 Å². The van der Waals surface area contributed by atoms with Crippen LogP contribution in [0.15, 0.2) is 29.2 Å². The highest BCUT2D eigenvalue weighted by molar-refractivity contribution is 7.89. The Morgan fingerprint density at radius 1 is 1.17 bits per heavy atom. The van der Waals surface area contributed by atoms with Crippen LogP contribution in [0.4, 0.5) is 5.69 Å². The molecule has 1 aromatic carbocycles. The van der Waals surface area contributed by atoms with Gasteiger partial charge in [-0.25, -0.2) is 8.42 Å². The first-order chi connectivity index (χ1) is 10.7. The predicted octanol–water partition coefficient (Wildman–Crippen LogP) is 1.08. The minimum atomic E-state index is -3.95. The van der Waals surface area contributed by atoms with Gasteiger partial charge in [0.25, 0.3) is 5.69 Å². The van der Waals surface area contributed by atoms with Crippen molar-refractivity contribution in [1.29, 1.82) is 0 Å². The van der Waals surface area contributed by atoms with Crippen LogP contribution in [-0.2, 0) is 14.8 Å². The molecule has 0 atom stereocenters. The molecule has 0 aromatic heterocycles. The van der Waals surface area contributed by atoms with Crippen LogP contribution in [0.1, 0.15) is 13.8 Å². The lowest BCUT2D eigenvalue weighted by molar-refractivity contribution is -0.387. The lowest BCUT2D eigenvalue weighted by Crippen LogP contribution is -2.51. The molecule has 1 amide bonds. The highest BCUT2D eigenvalue weighted by Crippen LogP contribution is 2.27. The van der Waals surface area contributed by atoms with E-state index in [0.29, 0.717) is 0 Å². The van der Waals surface area contributed by atoms with E-state index in [4.69, 9.17) is 0 Å². The largest absolute Gasteiger partial charge is 0.340 e. The SMILES string of the molecule is CC(C)C(=O)N1CCN(S(=O)(=O)c2ccccc2[N+](=O)[O-])CC1. The second-order valence-electron chi connectivity index (χ2n) is 5.61. The molecule has 23 heavy (non-hydrogen) atoms. The van der Waals surface area contributed by atoms with E-state index < -0.39 is 20.6 Å². The fraction of sp³-hybridized carbons (Fsp3) is 0.500. The molecule has 9 heteroatoms. The second-order valence-corrected chi connectivity index (χ2v) is 7.52. The van der Waals surface area contributed by atoms with Gasteiger partial charge in [0.2, 0.25) is 15.9 Å². The molecule has 8 nitrogen and oxygen atoms in total. The summed E-state index contributed by atoms with van der Waals surface area (Å²) in [4.78, 5) is 23.6. The van der Waals surface area contributed by atoms with E-state index in [-0.39, 0.29) is 42.9 Å². The lowest BCUT2D eigenvalue weighted by atomic mass is 10.2.